The zero-order valence-corrected chi connectivity index (χ0v) is 11.5. The van der Waals surface area contributed by atoms with Gasteiger partial charge in [-0.2, -0.15) is 0 Å². The molecule has 17 heavy (non-hydrogen) atoms. The Morgan fingerprint density at radius 3 is 2.94 bits per heavy atom. The van der Waals surface area contributed by atoms with Crippen molar-refractivity contribution in [1.82, 2.24) is 15.0 Å². The minimum atomic E-state index is -0.164. The molecule has 0 saturated heterocycles. The molecule has 0 bridgehead atoms. The van der Waals surface area contributed by atoms with E-state index in [2.05, 4.69) is 20.3 Å². The van der Waals surface area contributed by atoms with Crippen LogP contribution in [0.2, 0.25) is 0 Å². The van der Waals surface area contributed by atoms with E-state index in [0.29, 0.717) is 21.8 Å². The lowest BCUT2D eigenvalue weighted by molar-refractivity contribution is 0.478. The first-order chi connectivity index (χ1) is 8.08. The number of rotatable bonds is 3. The Hall–Kier alpha value is -1.38. The highest BCUT2D eigenvalue weighted by Crippen LogP contribution is 2.12. The monoisotopic (exact) mass is 346 g/mol. The maximum absolute atomic E-state index is 11.3. The number of anilines is 1. The number of hydrogen-bond acceptors (Lipinski definition) is 5. The van der Waals surface area contributed by atoms with Gasteiger partial charge in [0.25, 0.3) is 5.56 Å². The fourth-order valence-electron chi connectivity index (χ4n) is 1.28. The molecule has 7 heteroatoms. The van der Waals surface area contributed by atoms with Gasteiger partial charge in [-0.1, -0.05) is 0 Å². The van der Waals surface area contributed by atoms with E-state index in [9.17, 15) is 4.79 Å². The summed E-state index contributed by atoms with van der Waals surface area (Å²) in [6.45, 7) is 4.15. The first-order valence-electron chi connectivity index (χ1n) is 4.98. The van der Waals surface area contributed by atoms with E-state index in [1.165, 1.54) is 6.33 Å². The summed E-state index contributed by atoms with van der Waals surface area (Å²) in [6.07, 6.45) is 1.36. The minimum Gasteiger partial charge on any atom is -0.444 e. The number of nitrogens with zero attached hydrogens (tertiary/aromatic N) is 2. The van der Waals surface area contributed by atoms with E-state index in [4.69, 9.17) is 4.42 Å². The van der Waals surface area contributed by atoms with Gasteiger partial charge in [0.2, 0.25) is 5.89 Å². The number of aromatic nitrogens is 3. The second-order valence-corrected chi connectivity index (χ2v) is 4.58. The van der Waals surface area contributed by atoms with Crippen LogP contribution in [0.5, 0.6) is 0 Å². The smallest absolute Gasteiger partial charge is 0.266 e. The summed E-state index contributed by atoms with van der Waals surface area (Å²) < 4.78 is 5.93. The first-order valence-corrected chi connectivity index (χ1v) is 6.05. The van der Waals surface area contributed by atoms with E-state index in [1.807, 2.05) is 36.4 Å². The van der Waals surface area contributed by atoms with Crippen molar-refractivity contribution in [1.29, 1.82) is 0 Å². The fourth-order valence-corrected chi connectivity index (χ4v) is 1.77. The van der Waals surface area contributed by atoms with Gasteiger partial charge in [-0.15, -0.1) is 0 Å². The van der Waals surface area contributed by atoms with Crippen LogP contribution in [0.3, 0.4) is 0 Å². The molecule has 2 aromatic heterocycles. The van der Waals surface area contributed by atoms with Gasteiger partial charge >= 0.3 is 0 Å². The predicted molar refractivity (Wildman–Crippen MR) is 70.9 cm³/mol. The molecule has 2 heterocycles. The van der Waals surface area contributed by atoms with Gasteiger partial charge in [-0.3, -0.25) is 4.79 Å². The van der Waals surface area contributed by atoms with E-state index >= 15 is 0 Å². The third-order valence-electron chi connectivity index (χ3n) is 2.28. The predicted octanol–water partition coefficient (Wildman–Crippen LogP) is 1.59. The van der Waals surface area contributed by atoms with Crippen molar-refractivity contribution in [3.63, 3.8) is 0 Å². The normalized spacial score (nSPS) is 10.5. The van der Waals surface area contributed by atoms with E-state index in [0.717, 1.165) is 11.5 Å². The van der Waals surface area contributed by atoms with Gasteiger partial charge in [0.05, 0.1) is 18.6 Å². The molecule has 0 aliphatic heterocycles. The van der Waals surface area contributed by atoms with Crippen LogP contribution in [0.4, 0.5) is 5.82 Å². The second-order valence-electron chi connectivity index (χ2n) is 3.50. The van der Waals surface area contributed by atoms with Gasteiger partial charge in [-0.25, -0.2) is 9.97 Å². The molecule has 0 saturated carbocycles. The average molecular weight is 346 g/mol. The van der Waals surface area contributed by atoms with Crippen molar-refractivity contribution in [2.45, 2.75) is 20.4 Å². The van der Waals surface area contributed by atoms with Crippen molar-refractivity contribution >= 4 is 28.4 Å². The lowest BCUT2D eigenvalue weighted by Crippen LogP contribution is -2.14. The zero-order valence-electron chi connectivity index (χ0n) is 9.37. The van der Waals surface area contributed by atoms with E-state index in [-0.39, 0.29) is 5.56 Å². The average Bonchev–Trinajstić information content (AvgIpc) is 2.61. The summed E-state index contributed by atoms with van der Waals surface area (Å²) in [6, 6.07) is 0. The standard InChI is InChI=1S/C10H11IN4O2/c1-5-6(2)17-7(15-5)3-12-9-8(11)10(16)14-4-13-9/h4H,3H2,1-2H3,(H2,12,13,14,16). The van der Waals surface area contributed by atoms with E-state index in [1.54, 1.807) is 0 Å². The molecule has 90 valence electrons. The van der Waals surface area contributed by atoms with Crippen molar-refractivity contribution in [2.75, 3.05) is 5.32 Å². The largest absolute Gasteiger partial charge is 0.444 e. The number of oxazole rings is 1. The molecular formula is C10H11IN4O2. The Bertz CT molecular complexity index is 571. The van der Waals surface area contributed by atoms with E-state index < -0.39 is 0 Å². The maximum Gasteiger partial charge on any atom is 0.266 e. The van der Waals surface area contributed by atoms with Crippen LogP contribution < -0.4 is 10.9 Å². The SMILES string of the molecule is Cc1nc(CNc2nc[nH]c(=O)c2I)oc1C. The Labute approximate surface area is 111 Å². The number of H-pyrrole nitrogens is 1. The van der Waals surface area contributed by atoms with Crippen molar-refractivity contribution in [2.24, 2.45) is 0 Å². The molecule has 0 atom stereocenters. The molecule has 0 aliphatic rings. The Morgan fingerprint density at radius 1 is 1.53 bits per heavy atom. The third kappa shape index (κ3) is 2.65. The summed E-state index contributed by atoms with van der Waals surface area (Å²) in [4.78, 5) is 22.1. The summed E-state index contributed by atoms with van der Waals surface area (Å²) in [7, 11) is 0. The Kier molecular flexibility index (Phi) is 3.46. The minimum absolute atomic E-state index is 0.164. The molecule has 0 spiro atoms. The van der Waals surface area contributed by atoms with Gasteiger partial charge in [0.1, 0.15) is 15.1 Å². The maximum atomic E-state index is 11.3. The molecule has 2 rings (SSSR count). The van der Waals surface area contributed by atoms with Crippen LogP contribution in [0.15, 0.2) is 15.5 Å². The lowest BCUT2D eigenvalue weighted by Gasteiger charge is -2.03. The first kappa shape index (κ1) is 12.1. The van der Waals surface area contributed by atoms with Gasteiger partial charge in [0, 0.05) is 0 Å². The van der Waals surface area contributed by atoms with Crippen LogP contribution in [0.25, 0.3) is 0 Å². The van der Waals surface area contributed by atoms with Crippen LogP contribution in [-0.4, -0.2) is 15.0 Å². The number of nitrogens with one attached hydrogen (secondary N) is 2. The molecule has 0 aromatic carbocycles. The molecule has 6 nitrogen and oxygen atoms in total. The lowest BCUT2D eigenvalue weighted by atomic mass is 10.4. The fraction of sp³-hybridized carbons (Fsp3) is 0.300. The number of aryl methyl sites for hydroxylation is 2. The van der Waals surface area contributed by atoms with Crippen molar-refractivity contribution < 1.29 is 4.42 Å². The zero-order chi connectivity index (χ0) is 12.4. The summed E-state index contributed by atoms with van der Waals surface area (Å²) in [5, 5.41) is 3.02. The number of aromatic amines is 1. The quantitative estimate of drug-likeness (QED) is 0.825. The highest BCUT2D eigenvalue weighted by molar-refractivity contribution is 14.1. The summed E-state index contributed by atoms with van der Waals surface area (Å²) in [5.41, 5.74) is 0.707. The van der Waals surface area contributed by atoms with Crippen LogP contribution in [0, 0.1) is 17.4 Å². The summed E-state index contributed by atoms with van der Waals surface area (Å²) in [5.74, 6) is 1.91. The number of halogens is 1. The number of hydrogen-bond donors (Lipinski definition) is 2. The highest BCUT2D eigenvalue weighted by atomic mass is 127. The van der Waals surface area contributed by atoms with Crippen LogP contribution in [-0.2, 0) is 6.54 Å². The van der Waals surface area contributed by atoms with Crippen molar-refractivity contribution in [3.05, 3.63) is 37.6 Å². The highest BCUT2D eigenvalue weighted by Gasteiger charge is 2.08. The molecular weight excluding hydrogens is 335 g/mol. The van der Waals surface area contributed by atoms with Gasteiger partial charge in [0.15, 0.2) is 0 Å². The van der Waals surface area contributed by atoms with Crippen molar-refractivity contribution in [3.8, 4) is 0 Å². The molecule has 0 aliphatic carbocycles. The Balaban J connectivity index is 2.12. The molecule has 2 N–H and O–H groups in total. The molecule has 0 amide bonds. The van der Waals surface area contributed by atoms with Crippen LogP contribution >= 0.6 is 22.6 Å². The Morgan fingerprint density at radius 2 is 2.29 bits per heavy atom. The third-order valence-corrected chi connectivity index (χ3v) is 3.28. The van der Waals surface area contributed by atoms with Gasteiger partial charge in [-0.05, 0) is 36.4 Å². The molecule has 0 radical (unpaired) electrons. The molecule has 0 unspecified atom stereocenters. The summed E-state index contributed by atoms with van der Waals surface area (Å²) >= 11 is 1.94. The molecule has 2 aromatic rings. The van der Waals surface area contributed by atoms with Gasteiger partial charge < -0.3 is 14.7 Å². The van der Waals surface area contributed by atoms with Crippen LogP contribution in [0.1, 0.15) is 17.3 Å². The molecule has 0 fully saturated rings. The second kappa shape index (κ2) is 4.86. The topological polar surface area (TPSA) is 83.8 Å².